The highest BCUT2D eigenvalue weighted by Gasteiger charge is 2.28. The third kappa shape index (κ3) is 12.1. The molecular weight excluding hydrogens is 276 g/mol. The first kappa shape index (κ1) is 19.6. The van der Waals surface area contributed by atoms with Crippen LogP contribution in [0, 0.1) is 11.8 Å². The first-order valence-corrected chi connectivity index (χ1v) is 8.69. The number of thioether (sulfide) groups is 1. The molecule has 4 heteroatoms. The SMILES string of the molecule is CC(C)COCCCC(S)(OCC(C)C)SC(C)C. The van der Waals surface area contributed by atoms with Crippen molar-refractivity contribution in [2.45, 2.75) is 63.9 Å². The maximum absolute atomic E-state index is 6.00. The van der Waals surface area contributed by atoms with E-state index in [9.17, 15) is 0 Å². The minimum absolute atomic E-state index is 0.375. The summed E-state index contributed by atoms with van der Waals surface area (Å²) >= 11 is 6.56. The summed E-state index contributed by atoms with van der Waals surface area (Å²) in [5.41, 5.74) is 0. The highest BCUT2D eigenvalue weighted by atomic mass is 32.2. The predicted molar refractivity (Wildman–Crippen MR) is 90.1 cm³/mol. The number of hydrogen-bond acceptors (Lipinski definition) is 4. The van der Waals surface area contributed by atoms with E-state index in [0.29, 0.717) is 17.1 Å². The normalized spacial score (nSPS) is 15.5. The van der Waals surface area contributed by atoms with Crippen molar-refractivity contribution in [3.63, 3.8) is 0 Å². The molecule has 0 heterocycles. The largest absolute Gasteiger partial charge is 0.381 e. The third-order valence-electron chi connectivity index (χ3n) is 2.29. The summed E-state index contributed by atoms with van der Waals surface area (Å²) in [5, 5.41) is 0.515. The van der Waals surface area contributed by atoms with Gasteiger partial charge >= 0.3 is 0 Å². The molecule has 19 heavy (non-hydrogen) atoms. The fourth-order valence-corrected chi connectivity index (χ4v) is 3.55. The molecular formula is C15H32O2S2. The molecule has 0 radical (unpaired) electrons. The second-order valence-electron chi connectivity index (χ2n) is 6.16. The van der Waals surface area contributed by atoms with E-state index in [-0.39, 0.29) is 4.27 Å². The van der Waals surface area contributed by atoms with E-state index in [1.807, 2.05) is 0 Å². The van der Waals surface area contributed by atoms with Crippen LogP contribution >= 0.6 is 24.4 Å². The van der Waals surface area contributed by atoms with Crippen LogP contribution in [0.3, 0.4) is 0 Å². The van der Waals surface area contributed by atoms with Crippen LogP contribution in [0.15, 0.2) is 0 Å². The first-order valence-electron chi connectivity index (χ1n) is 7.37. The molecule has 0 aliphatic rings. The van der Waals surface area contributed by atoms with Gasteiger partial charge in [-0.1, -0.05) is 41.5 Å². The van der Waals surface area contributed by atoms with Crippen LogP contribution in [-0.4, -0.2) is 29.3 Å². The van der Waals surface area contributed by atoms with E-state index in [1.165, 1.54) is 0 Å². The van der Waals surface area contributed by atoms with Crippen LogP contribution < -0.4 is 0 Å². The van der Waals surface area contributed by atoms with Crippen molar-refractivity contribution in [3.8, 4) is 0 Å². The monoisotopic (exact) mass is 308 g/mol. The molecule has 0 spiro atoms. The Bertz CT molecular complexity index is 220. The Morgan fingerprint density at radius 3 is 2.05 bits per heavy atom. The molecule has 2 nitrogen and oxygen atoms in total. The van der Waals surface area contributed by atoms with Gasteiger partial charge in [0.1, 0.15) is 0 Å². The lowest BCUT2D eigenvalue weighted by Gasteiger charge is -2.31. The van der Waals surface area contributed by atoms with Gasteiger partial charge in [-0.2, -0.15) is 0 Å². The molecule has 116 valence electrons. The van der Waals surface area contributed by atoms with E-state index >= 15 is 0 Å². The fourth-order valence-electron chi connectivity index (χ4n) is 1.55. The van der Waals surface area contributed by atoms with Crippen LogP contribution in [0.5, 0.6) is 0 Å². The number of ether oxygens (including phenoxy) is 2. The quantitative estimate of drug-likeness (QED) is 0.335. The molecule has 0 amide bonds. The smallest absolute Gasteiger partial charge is 0.158 e. The molecule has 0 saturated carbocycles. The van der Waals surface area contributed by atoms with E-state index < -0.39 is 0 Å². The van der Waals surface area contributed by atoms with Gasteiger partial charge < -0.3 is 9.47 Å². The second kappa shape index (κ2) is 10.4. The minimum Gasteiger partial charge on any atom is -0.381 e. The predicted octanol–water partition coefficient (Wildman–Crippen LogP) is 4.84. The maximum atomic E-state index is 6.00. The van der Waals surface area contributed by atoms with Crippen LogP contribution in [-0.2, 0) is 9.47 Å². The molecule has 0 bridgehead atoms. The van der Waals surface area contributed by atoms with Crippen molar-refractivity contribution in [1.82, 2.24) is 0 Å². The summed E-state index contributed by atoms with van der Waals surface area (Å²) in [6.07, 6.45) is 1.91. The zero-order valence-electron chi connectivity index (χ0n) is 13.4. The van der Waals surface area contributed by atoms with E-state index in [1.54, 1.807) is 11.8 Å². The standard InChI is InChI=1S/C15H32O2S2/c1-12(2)10-16-9-7-8-15(18,19-14(5)6)17-11-13(3)4/h12-14,18H,7-11H2,1-6H3. The van der Waals surface area contributed by atoms with E-state index in [0.717, 1.165) is 32.7 Å². The second-order valence-corrected chi connectivity index (χ2v) is 9.02. The lowest BCUT2D eigenvalue weighted by atomic mass is 10.2. The van der Waals surface area contributed by atoms with E-state index in [4.69, 9.17) is 22.1 Å². The zero-order chi connectivity index (χ0) is 14.9. The molecule has 0 aliphatic heterocycles. The molecule has 0 aromatic heterocycles. The van der Waals surface area contributed by atoms with Crippen molar-refractivity contribution in [2.75, 3.05) is 19.8 Å². The molecule has 0 saturated heterocycles. The van der Waals surface area contributed by atoms with Crippen molar-refractivity contribution >= 4 is 24.4 Å². The van der Waals surface area contributed by atoms with Gasteiger partial charge in [0.25, 0.3) is 0 Å². The highest BCUT2D eigenvalue weighted by molar-refractivity contribution is 8.11. The number of rotatable bonds is 11. The Kier molecular flexibility index (Phi) is 10.7. The minimum atomic E-state index is -0.375. The number of thiol groups is 1. The Labute approximate surface area is 129 Å². The van der Waals surface area contributed by atoms with Gasteiger partial charge in [-0.3, -0.25) is 0 Å². The van der Waals surface area contributed by atoms with Gasteiger partial charge in [-0.25, -0.2) is 0 Å². The fraction of sp³-hybridized carbons (Fsp3) is 1.00. The lowest BCUT2D eigenvalue weighted by Crippen LogP contribution is -2.26. The molecule has 0 aliphatic carbocycles. The summed E-state index contributed by atoms with van der Waals surface area (Å²) < 4.78 is 11.2. The van der Waals surface area contributed by atoms with Crippen LogP contribution in [0.1, 0.15) is 54.4 Å². The average Bonchev–Trinajstić information content (AvgIpc) is 2.24. The van der Waals surface area contributed by atoms with Crippen molar-refractivity contribution in [3.05, 3.63) is 0 Å². The van der Waals surface area contributed by atoms with Gasteiger partial charge in [0.05, 0.1) is 6.61 Å². The lowest BCUT2D eigenvalue weighted by molar-refractivity contribution is 0.0510. The first-order chi connectivity index (χ1) is 8.75. The van der Waals surface area contributed by atoms with Gasteiger partial charge in [0, 0.05) is 18.5 Å². The van der Waals surface area contributed by atoms with Gasteiger partial charge in [0.15, 0.2) is 4.27 Å². The molecule has 0 fully saturated rings. The maximum Gasteiger partial charge on any atom is 0.158 e. The van der Waals surface area contributed by atoms with Crippen LogP contribution in [0.25, 0.3) is 0 Å². The van der Waals surface area contributed by atoms with Gasteiger partial charge in [-0.05, 0) is 24.7 Å². The molecule has 0 aromatic carbocycles. The van der Waals surface area contributed by atoms with Crippen molar-refractivity contribution < 1.29 is 9.47 Å². The summed E-state index contributed by atoms with van der Waals surface area (Å²) in [5.74, 6) is 1.14. The van der Waals surface area contributed by atoms with Crippen molar-refractivity contribution in [1.29, 1.82) is 0 Å². The zero-order valence-corrected chi connectivity index (χ0v) is 15.2. The summed E-state index contributed by atoms with van der Waals surface area (Å²) in [6, 6.07) is 0. The van der Waals surface area contributed by atoms with Gasteiger partial charge in [-0.15, -0.1) is 24.4 Å². The Morgan fingerprint density at radius 2 is 1.58 bits per heavy atom. The summed E-state index contributed by atoms with van der Waals surface area (Å²) in [6.45, 7) is 15.4. The Hall–Kier alpha value is 0.620. The molecule has 0 N–H and O–H groups in total. The average molecular weight is 309 g/mol. The van der Waals surface area contributed by atoms with Crippen molar-refractivity contribution in [2.24, 2.45) is 11.8 Å². The Morgan fingerprint density at radius 1 is 1.00 bits per heavy atom. The molecule has 0 rings (SSSR count). The number of hydrogen-bond donors (Lipinski definition) is 1. The molecule has 0 aromatic rings. The summed E-state index contributed by atoms with van der Waals surface area (Å²) in [4.78, 5) is 0. The van der Waals surface area contributed by atoms with Crippen LogP contribution in [0.4, 0.5) is 0 Å². The third-order valence-corrected chi connectivity index (χ3v) is 4.13. The van der Waals surface area contributed by atoms with Crippen LogP contribution in [0.2, 0.25) is 0 Å². The highest BCUT2D eigenvalue weighted by Crippen LogP contribution is 2.38. The summed E-state index contributed by atoms with van der Waals surface area (Å²) in [7, 11) is 0. The Balaban J connectivity index is 4.04. The topological polar surface area (TPSA) is 18.5 Å². The molecule has 1 atom stereocenters. The van der Waals surface area contributed by atoms with E-state index in [2.05, 4.69) is 41.5 Å². The van der Waals surface area contributed by atoms with Gasteiger partial charge in [0.2, 0.25) is 0 Å². The molecule has 1 unspecified atom stereocenters.